The summed E-state index contributed by atoms with van der Waals surface area (Å²) in [5.41, 5.74) is -0.958. The van der Waals surface area contributed by atoms with Crippen molar-refractivity contribution < 1.29 is 18.1 Å². The molecule has 2 atom stereocenters. The molecule has 1 aliphatic carbocycles. The maximum Gasteiger partial charge on any atom is 0.416 e. The summed E-state index contributed by atoms with van der Waals surface area (Å²) in [7, 11) is 0. The average Bonchev–Trinajstić information content (AvgIpc) is 2.66. The summed E-state index contributed by atoms with van der Waals surface area (Å²) in [5, 5.41) is 11.4. The van der Waals surface area contributed by atoms with E-state index in [2.05, 4.69) is 20.8 Å². The molecule has 0 amide bonds. The summed E-state index contributed by atoms with van der Waals surface area (Å²) in [6, 6.07) is 3.00. The second-order valence-corrected chi connectivity index (χ2v) is 8.30. The molecule has 132 valence electrons. The lowest BCUT2D eigenvalue weighted by atomic mass is 9.65. The largest absolute Gasteiger partial charge is 0.416 e. The van der Waals surface area contributed by atoms with E-state index in [1.165, 1.54) is 6.07 Å². The molecule has 24 heavy (non-hydrogen) atoms. The van der Waals surface area contributed by atoms with Gasteiger partial charge in [0.25, 0.3) is 5.69 Å². The highest BCUT2D eigenvalue weighted by atomic mass is 19.4. The van der Waals surface area contributed by atoms with Gasteiger partial charge in [-0.2, -0.15) is 13.2 Å². The first-order valence-corrected chi connectivity index (χ1v) is 8.03. The van der Waals surface area contributed by atoms with E-state index in [1.54, 1.807) is 0 Å². The van der Waals surface area contributed by atoms with E-state index in [-0.39, 0.29) is 16.9 Å². The van der Waals surface area contributed by atoms with Gasteiger partial charge in [0.1, 0.15) is 5.69 Å². The minimum atomic E-state index is -4.59. The Morgan fingerprint density at radius 1 is 1.25 bits per heavy atom. The van der Waals surface area contributed by atoms with Crippen LogP contribution in [-0.2, 0) is 6.18 Å². The second kappa shape index (κ2) is 5.10. The zero-order chi connectivity index (χ0) is 17.9. The maximum absolute atomic E-state index is 12.9. The standard InChI is InChI=1S/C17H21F3N2O2/c1-15(2)7-12-8-16(3,9-15)10-21(12)13-5-4-11(17(18,19)20)6-14(13)22(23)24/h4-6,12H,7-10H2,1-3H3/t12-,16-/m0/s1. The van der Waals surface area contributed by atoms with E-state index >= 15 is 0 Å². The van der Waals surface area contributed by atoms with Gasteiger partial charge in [-0.05, 0) is 42.2 Å². The maximum atomic E-state index is 12.9. The summed E-state index contributed by atoms with van der Waals surface area (Å²) in [4.78, 5) is 12.6. The van der Waals surface area contributed by atoms with Crippen LogP contribution in [0.5, 0.6) is 0 Å². The van der Waals surface area contributed by atoms with Gasteiger partial charge < -0.3 is 4.90 Å². The summed E-state index contributed by atoms with van der Waals surface area (Å²) >= 11 is 0. The van der Waals surface area contributed by atoms with E-state index in [4.69, 9.17) is 0 Å². The molecule has 1 aromatic carbocycles. The van der Waals surface area contributed by atoms with Gasteiger partial charge in [0.2, 0.25) is 0 Å². The molecule has 2 aliphatic rings. The monoisotopic (exact) mass is 342 g/mol. The Balaban J connectivity index is 2.03. The molecule has 0 radical (unpaired) electrons. The molecule has 3 rings (SSSR count). The lowest BCUT2D eigenvalue weighted by molar-refractivity contribution is -0.384. The van der Waals surface area contributed by atoms with Crippen LogP contribution in [0.25, 0.3) is 0 Å². The molecule has 1 saturated heterocycles. The highest BCUT2D eigenvalue weighted by molar-refractivity contribution is 5.66. The number of hydrogen-bond acceptors (Lipinski definition) is 3. The van der Waals surface area contributed by atoms with Crippen LogP contribution >= 0.6 is 0 Å². The third kappa shape index (κ3) is 2.96. The first-order valence-electron chi connectivity index (χ1n) is 8.03. The van der Waals surface area contributed by atoms with Gasteiger partial charge in [-0.15, -0.1) is 0 Å². The minimum Gasteiger partial charge on any atom is -0.362 e. The first-order chi connectivity index (χ1) is 10.9. The smallest absolute Gasteiger partial charge is 0.362 e. The van der Waals surface area contributed by atoms with Crippen LogP contribution in [0, 0.1) is 20.9 Å². The lowest BCUT2D eigenvalue weighted by Gasteiger charge is -2.39. The Morgan fingerprint density at radius 2 is 1.92 bits per heavy atom. The minimum absolute atomic E-state index is 0.0446. The van der Waals surface area contributed by atoms with E-state index < -0.39 is 22.4 Å². The fourth-order valence-electron chi connectivity index (χ4n) is 4.83. The first kappa shape index (κ1) is 17.0. The van der Waals surface area contributed by atoms with Crippen LogP contribution in [0.4, 0.5) is 24.5 Å². The van der Waals surface area contributed by atoms with Crippen LogP contribution in [-0.4, -0.2) is 17.5 Å². The van der Waals surface area contributed by atoms with Crippen molar-refractivity contribution in [1.29, 1.82) is 0 Å². The molecule has 0 unspecified atom stereocenters. The lowest BCUT2D eigenvalue weighted by Crippen LogP contribution is -2.34. The number of alkyl halides is 3. The highest BCUT2D eigenvalue weighted by Gasteiger charge is 2.50. The molecular formula is C17H21F3N2O2. The van der Waals surface area contributed by atoms with Gasteiger partial charge in [-0.1, -0.05) is 20.8 Å². The molecule has 0 spiro atoms. The Labute approximate surface area is 138 Å². The molecule has 1 aromatic rings. The number of benzene rings is 1. The number of nitro benzene ring substituents is 1. The molecule has 1 saturated carbocycles. The Bertz CT molecular complexity index is 687. The van der Waals surface area contributed by atoms with Crippen molar-refractivity contribution in [3.05, 3.63) is 33.9 Å². The van der Waals surface area contributed by atoms with Crippen LogP contribution in [0.15, 0.2) is 18.2 Å². The van der Waals surface area contributed by atoms with Gasteiger partial charge in [-0.25, -0.2) is 0 Å². The summed E-state index contributed by atoms with van der Waals surface area (Å²) in [6.07, 6.45) is -1.75. The van der Waals surface area contributed by atoms with Crippen molar-refractivity contribution >= 4 is 11.4 Å². The quantitative estimate of drug-likeness (QED) is 0.560. The zero-order valence-electron chi connectivity index (χ0n) is 14.0. The number of nitro groups is 1. The number of hydrogen-bond donors (Lipinski definition) is 0. The predicted octanol–water partition coefficient (Wildman–Crippen LogP) is 5.02. The summed E-state index contributed by atoms with van der Waals surface area (Å²) < 4.78 is 38.6. The molecule has 1 heterocycles. The molecule has 0 N–H and O–H groups in total. The predicted molar refractivity (Wildman–Crippen MR) is 85.0 cm³/mol. The fourth-order valence-corrected chi connectivity index (χ4v) is 4.83. The number of fused-ring (bicyclic) bond motifs is 2. The van der Waals surface area contributed by atoms with Crippen molar-refractivity contribution in [3.63, 3.8) is 0 Å². The molecule has 1 aliphatic heterocycles. The average molecular weight is 342 g/mol. The summed E-state index contributed by atoms with van der Waals surface area (Å²) in [6.45, 7) is 7.17. The molecule has 2 fully saturated rings. The molecule has 2 bridgehead atoms. The Hall–Kier alpha value is -1.79. The second-order valence-electron chi connectivity index (χ2n) is 8.30. The van der Waals surface area contributed by atoms with Crippen molar-refractivity contribution in [2.45, 2.75) is 52.3 Å². The van der Waals surface area contributed by atoms with E-state index in [9.17, 15) is 23.3 Å². The number of halogens is 3. The third-order valence-corrected chi connectivity index (χ3v) is 5.22. The van der Waals surface area contributed by atoms with Crippen molar-refractivity contribution in [1.82, 2.24) is 0 Å². The number of nitrogens with zero attached hydrogens (tertiary/aromatic N) is 2. The number of anilines is 1. The molecule has 0 aromatic heterocycles. The number of rotatable bonds is 2. The SMILES string of the molecule is CC1(C)C[C@H]2C[C@](C)(CN2c2ccc(C(F)(F)F)cc2[N+](=O)[O-])C1. The van der Waals surface area contributed by atoms with Crippen LogP contribution in [0.2, 0.25) is 0 Å². The van der Waals surface area contributed by atoms with Gasteiger partial charge in [-0.3, -0.25) is 10.1 Å². The van der Waals surface area contributed by atoms with E-state index in [1.807, 2.05) is 4.90 Å². The van der Waals surface area contributed by atoms with Crippen molar-refractivity contribution in [2.75, 3.05) is 11.4 Å². The van der Waals surface area contributed by atoms with Crippen LogP contribution < -0.4 is 4.90 Å². The highest BCUT2D eigenvalue weighted by Crippen LogP contribution is 2.54. The zero-order valence-corrected chi connectivity index (χ0v) is 14.0. The van der Waals surface area contributed by atoms with Crippen molar-refractivity contribution in [3.8, 4) is 0 Å². The fraction of sp³-hybridized carbons (Fsp3) is 0.647. The topological polar surface area (TPSA) is 46.4 Å². The normalized spacial score (nSPS) is 28.9. The molecule has 7 heteroatoms. The van der Waals surface area contributed by atoms with Crippen LogP contribution in [0.1, 0.15) is 45.6 Å². The van der Waals surface area contributed by atoms with Gasteiger partial charge in [0.05, 0.1) is 10.5 Å². The van der Waals surface area contributed by atoms with Crippen molar-refractivity contribution in [2.24, 2.45) is 10.8 Å². The molecular weight excluding hydrogens is 321 g/mol. The van der Waals surface area contributed by atoms with Gasteiger partial charge in [0, 0.05) is 18.7 Å². The van der Waals surface area contributed by atoms with E-state index in [0.29, 0.717) is 18.3 Å². The van der Waals surface area contributed by atoms with E-state index in [0.717, 1.165) is 25.3 Å². The summed E-state index contributed by atoms with van der Waals surface area (Å²) in [5.74, 6) is 0. The van der Waals surface area contributed by atoms with Gasteiger partial charge in [0.15, 0.2) is 0 Å². The third-order valence-electron chi connectivity index (χ3n) is 5.22. The molecule has 4 nitrogen and oxygen atoms in total. The Morgan fingerprint density at radius 3 is 2.50 bits per heavy atom. The van der Waals surface area contributed by atoms with Gasteiger partial charge >= 0.3 is 6.18 Å². The van der Waals surface area contributed by atoms with Crippen LogP contribution in [0.3, 0.4) is 0 Å². The Kier molecular flexibility index (Phi) is 3.62.